The van der Waals surface area contributed by atoms with Gasteiger partial charge in [0.2, 0.25) is 0 Å². The van der Waals surface area contributed by atoms with Gasteiger partial charge in [-0.25, -0.2) is 5.53 Å². The lowest BCUT2D eigenvalue weighted by Gasteiger charge is -2.22. The minimum Gasteiger partial charge on any atom is -0.370 e. The first-order valence-corrected chi connectivity index (χ1v) is 9.77. The molecule has 1 aromatic heterocycles. The normalized spacial score (nSPS) is 15.2. The number of nitrogens with zero attached hydrogens (tertiary/aromatic N) is 2. The Morgan fingerprint density at radius 3 is 2.76 bits per heavy atom. The van der Waals surface area contributed by atoms with Crippen molar-refractivity contribution in [3.05, 3.63) is 76.7 Å². The second-order valence-corrected chi connectivity index (χ2v) is 7.02. The van der Waals surface area contributed by atoms with Crippen molar-refractivity contribution < 1.29 is 0 Å². The molecule has 0 aliphatic carbocycles. The number of H-pyrrole nitrogens is 1. The molecule has 0 bridgehead atoms. The summed E-state index contributed by atoms with van der Waals surface area (Å²) in [7, 11) is 0. The number of nitrogens with one attached hydrogen (secondary N) is 4. The van der Waals surface area contributed by atoms with Gasteiger partial charge in [-0.2, -0.15) is 5.11 Å². The minimum atomic E-state index is -0.266. The zero-order valence-electron chi connectivity index (χ0n) is 16.1. The van der Waals surface area contributed by atoms with Gasteiger partial charge in [0.1, 0.15) is 5.70 Å². The van der Waals surface area contributed by atoms with Crippen molar-refractivity contribution in [1.29, 1.82) is 5.53 Å². The van der Waals surface area contributed by atoms with Gasteiger partial charge in [-0.05, 0) is 54.8 Å². The van der Waals surface area contributed by atoms with Gasteiger partial charge in [0, 0.05) is 42.7 Å². The van der Waals surface area contributed by atoms with Crippen LogP contribution in [0.4, 0.5) is 11.4 Å². The molecule has 3 aromatic rings. The van der Waals surface area contributed by atoms with Gasteiger partial charge < -0.3 is 20.5 Å². The summed E-state index contributed by atoms with van der Waals surface area (Å²) in [4.78, 5) is 17.6. The van der Waals surface area contributed by atoms with Crippen LogP contribution in [0.3, 0.4) is 0 Å². The third-order valence-electron chi connectivity index (χ3n) is 5.10. The van der Waals surface area contributed by atoms with E-state index in [9.17, 15) is 4.79 Å². The maximum absolute atomic E-state index is 12.4. The van der Waals surface area contributed by atoms with E-state index in [1.165, 1.54) is 5.69 Å². The predicted octanol–water partition coefficient (Wildman–Crippen LogP) is 3.77. The fourth-order valence-electron chi connectivity index (χ4n) is 3.53. The summed E-state index contributed by atoms with van der Waals surface area (Å²) in [5.41, 5.74) is 10.7. The van der Waals surface area contributed by atoms with E-state index in [0.29, 0.717) is 5.56 Å². The lowest BCUT2D eigenvalue weighted by Crippen LogP contribution is -2.27. The number of fused-ring (bicyclic) bond motifs is 1. The average Bonchev–Trinajstić information content (AvgIpc) is 3.04. The van der Waals surface area contributed by atoms with E-state index in [0.717, 1.165) is 49.2 Å². The molecule has 0 atom stereocenters. The number of aromatic amines is 1. The number of aromatic nitrogens is 1. The molecule has 0 saturated carbocycles. The van der Waals surface area contributed by atoms with E-state index >= 15 is 0 Å². The van der Waals surface area contributed by atoms with Crippen molar-refractivity contribution >= 4 is 28.0 Å². The molecule has 148 valence electrons. The van der Waals surface area contributed by atoms with Crippen molar-refractivity contribution in [1.82, 2.24) is 10.3 Å². The highest BCUT2D eigenvalue weighted by Gasteiger charge is 2.10. The van der Waals surface area contributed by atoms with Crippen LogP contribution in [0.25, 0.3) is 16.6 Å². The Morgan fingerprint density at radius 1 is 1.10 bits per heavy atom. The van der Waals surface area contributed by atoms with Crippen LogP contribution in [0.2, 0.25) is 0 Å². The van der Waals surface area contributed by atoms with Crippen molar-refractivity contribution in [2.24, 2.45) is 5.11 Å². The molecule has 29 heavy (non-hydrogen) atoms. The Kier molecular flexibility index (Phi) is 5.67. The van der Waals surface area contributed by atoms with Crippen LogP contribution in [0.1, 0.15) is 12.0 Å². The van der Waals surface area contributed by atoms with Gasteiger partial charge in [-0.3, -0.25) is 4.79 Å². The lowest BCUT2D eigenvalue weighted by atomic mass is 10.1. The Balaban J connectivity index is 1.53. The average molecular weight is 388 g/mol. The van der Waals surface area contributed by atoms with E-state index < -0.39 is 0 Å². The molecule has 2 heterocycles. The highest BCUT2D eigenvalue weighted by Crippen LogP contribution is 2.21. The summed E-state index contributed by atoms with van der Waals surface area (Å²) in [5.74, 6) is 0. The molecule has 0 radical (unpaired) electrons. The van der Waals surface area contributed by atoms with E-state index in [2.05, 4.69) is 37.8 Å². The van der Waals surface area contributed by atoms with Crippen LogP contribution >= 0.6 is 0 Å². The zero-order chi connectivity index (χ0) is 20.1. The van der Waals surface area contributed by atoms with Gasteiger partial charge in [0.25, 0.3) is 5.56 Å². The summed E-state index contributed by atoms with van der Waals surface area (Å²) in [6, 6.07) is 17.5. The number of para-hydroxylation sites is 1. The molecule has 4 rings (SSSR count). The van der Waals surface area contributed by atoms with Gasteiger partial charge in [-0.15, -0.1) is 0 Å². The van der Waals surface area contributed by atoms with Crippen molar-refractivity contribution in [3.8, 4) is 0 Å². The highest BCUT2D eigenvalue weighted by atomic mass is 16.1. The molecule has 1 aliphatic heterocycles. The van der Waals surface area contributed by atoms with Crippen LogP contribution < -0.4 is 21.1 Å². The first-order chi connectivity index (χ1) is 14.2. The summed E-state index contributed by atoms with van der Waals surface area (Å²) in [5, 5.41) is 11.0. The fourth-order valence-corrected chi connectivity index (χ4v) is 3.53. The Morgan fingerprint density at radius 2 is 1.93 bits per heavy atom. The van der Waals surface area contributed by atoms with Crippen LogP contribution in [0.15, 0.2) is 70.7 Å². The summed E-state index contributed by atoms with van der Waals surface area (Å²) < 4.78 is 0. The predicted molar refractivity (Wildman–Crippen MR) is 117 cm³/mol. The molecule has 0 amide bonds. The standard InChI is InChI=1S/C22H24N6O/c23-27-21(19-14-16-4-1-2-5-20(16)26-22(19)29)15-25-17-6-8-18(9-7-17)28-12-3-10-24-11-13-28/h1-2,4-9,14-15,23-25H,3,10-13H2,(H,26,29)/b21-15-,27-23?. The maximum Gasteiger partial charge on any atom is 0.258 e. The minimum absolute atomic E-state index is 0.266. The van der Waals surface area contributed by atoms with Crippen LogP contribution in [0, 0.1) is 5.53 Å². The van der Waals surface area contributed by atoms with Crippen LogP contribution in [-0.2, 0) is 0 Å². The van der Waals surface area contributed by atoms with Crippen LogP contribution in [0.5, 0.6) is 0 Å². The van der Waals surface area contributed by atoms with Gasteiger partial charge in [-0.1, -0.05) is 18.2 Å². The molecule has 1 saturated heterocycles. The molecule has 1 fully saturated rings. The third-order valence-corrected chi connectivity index (χ3v) is 5.10. The smallest absolute Gasteiger partial charge is 0.258 e. The molecule has 0 unspecified atom stereocenters. The molecule has 1 aliphatic rings. The zero-order valence-corrected chi connectivity index (χ0v) is 16.1. The molecule has 7 heteroatoms. The topological polar surface area (TPSA) is 96.4 Å². The first kappa shape index (κ1) is 18.9. The van der Waals surface area contributed by atoms with Gasteiger partial charge in [0.05, 0.1) is 5.56 Å². The molecule has 7 nitrogen and oxygen atoms in total. The number of pyridine rings is 1. The Hall–Kier alpha value is -3.45. The summed E-state index contributed by atoms with van der Waals surface area (Å²) in [6.07, 6.45) is 2.73. The molecule has 0 spiro atoms. The lowest BCUT2D eigenvalue weighted by molar-refractivity contribution is 0.724. The van der Waals surface area contributed by atoms with Crippen molar-refractivity contribution in [3.63, 3.8) is 0 Å². The third kappa shape index (κ3) is 4.35. The number of anilines is 2. The fraction of sp³-hybridized carbons (Fsp3) is 0.227. The Bertz CT molecular complexity index is 1080. The monoisotopic (exact) mass is 388 g/mol. The van der Waals surface area contributed by atoms with Gasteiger partial charge >= 0.3 is 0 Å². The van der Waals surface area contributed by atoms with Gasteiger partial charge in [0.15, 0.2) is 0 Å². The van der Waals surface area contributed by atoms with Crippen molar-refractivity contribution in [2.45, 2.75) is 6.42 Å². The number of rotatable bonds is 5. The molecular weight excluding hydrogens is 364 g/mol. The maximum atomic E-state index is 12.4. The summed E-state index contributed by atoms with van der Waals surface area (Å²) >= 11 is 0. The molecular formula is C22H24N6O. The van der Waals surface area contributed by atoms with Crippen LogP contribution in [-0.4, -0.2) is 31.2 Å². The quantitative estimate of drug-likeness (QED) is 0.500. The number of hydrogen-bond donors (Lipinski definition) is 4. The van der Waals surface area contributed by atoms with Crippen molar-refractivity contribution in [2.75, 3.05) is 36.4 Å². The highest BCUT2D eigenvalue weighted by molar-refractivity contribution is 5.82. The van der Waals surface area contributed by atoms with E-state index in [-0.39, 0.29) is 11.3 Å². The van der Waals surface area contributed by atoms with E-state index in [1.54, 1.807) is 12.3 Å². The second-order valence-electron chi connectivity index (χ2n) is 7.02. The molecule has 4 N–H and O–H groups in total. The SMILES string of the molecule is N=N/C(=C\Nc1ccc(N2CCCNCC2)cc1)c1cc2ccccc2[nH]c1=O. The largest absolute Gasteiger partial charge is 0.370 e. The number of hydrogen-bond acceptors (Lipinski definition) is 6. The van der Waals surface area contributed by atoms with E-state index in [1.807, 2.05) is 36.4 Å². The first-order valence-electron chi connectivity index (χ1n) is 9.77. The second kappa shape index (κ2) is 8.70. The summed E-state index contributed by atoms with van der Waals surface area (Å²) in [6.45, 7) is 4.11. The van der Waals surface area contributed by atoms with E-state index in [4.69, 9.17) is 5.53 Å². The number of benzene rings is 2. The molecule has 2 aromatic carbocycles. The Labute approximate surface area is 169 Å².